The van der Waals surface area contributed by atoms with Crippen molar-refractivity contribution >= 4 is 11.9 Å². The van der Waals surface area contributed by atoms with E-state index in [1.165, 1.54) is 161 Å². The highest BCUT2D eigenvalue weighted by atomic mass is 16.6. The van der Waals surface area contributed by atoms with Crippen LogP contribution in [0, 0.1) is 0 Å². The summed E-state index contributed by atoms with van der Waals surface area (Å²) in [6.07, 6.45) is 80.4. The van der Waals surface area contributed by atoms with Gasteiger partial charge in [-0.3, -0.25) is 9.59 Å². The standard InChI is InChI=1S/C65H114O5/c1-4-7-10-13-16-19-22-25-28-30-32-34-36-39-42-45-48-51-54-57-60-68-61-63(70-65(67)59-56-53-50-47-44-41-37-27-24-21-18-15-12-9-6-3)62-69-64(66)58-55-52-49-46-43-40-38-35-33-31-29-26-23-20-17-14-11-8-5-2/h8,11,17-18,20-21,25-29,33,35,37,63H,4-7,9-10,12-16,19,22-24,30-32,34,36,38-62H2,1-3H3/b11-8-,20-17-,21-18-,28-25-,29-26-,35-33-,37-27-. The van der Waals surface area contributed by atoms with E-state index >= 15 is 0 Å². The maximum absolute atomic E-state index is 12.9. The summed E-state index contributed by atoms with van der Waals surface area (Å²) in [5.41, 5.74) is 0. The van der Waals surface area contributed by atoms with Crippen molar-refractivity contribution in [3.63, 3.8) is 0 Å². The van der Waals surface area contributed by atoms with Crippen molar-refractivity contribution in [3.05, 3.63) is 85.1 Å². The zero-order chi connectivity index (χ0) is 50.6. The lowest BCUT2D eigenvalue weighted by Gasteiger charge is -2.18. The number of hydrogen-bond donors (Lipinski definition) is 0. The highest BCUT2D eigenvalue weighted by molar-refractivity contribution is 5.70. The zero-order valence-electron chi connectivity index (χ0n) is 46.5. The molecular formula is C65H114O5. The summed E-state index contributed by atoms with van der Waals surface area (Å²) in [7, 11) is 0. The van der Waals surface area contributed by atoms with Crippen molar-refractivity contribution in [1.82, 2.24) is 0 Å². The quantitative estimate of drug-likeness (QED) is 0.0345. The Morgan fingerprint density at radius 3 is 1.07 bits per heavy atom. The molecule has 0 heterocycles. The van der Waals surface area contributed by atoms with Crippen LogP contribution in [0.15, 0.2) is 85.1 Å². The van der Waals surface area contributed by atoms with E-state index in [1.54, 1.807) is 0 Å². The molecule has 0 aliphatic carbocycles. The smallest absolute Gasteiger partial charge is 0.306 e. The predicted octanol–water partition coefficient (Wildman–Crippen LogP) is 20.8. The lowest BCUT2D eigenvalue weighted by Crippen LogP contribution is -2.30. The highest BCUT2D eigenvalue weighted by Gasteiger charge is 2.17. The van der Waals surface area contributed by atoms with Gasteiger partial charge in [-0.15, -0.1) is 0 Å². The molecule has 70 heavy (non-hydrogen) atoms. The van der Waals surface area contributed by atoms with Crippen molar-refractivity contribution < 1.29 is 23.8 Å². The van der Waals surface area contributed by atoms with Crippen LogP contribution < -0.4 is 0 Å². The van der Waals surface area contributed by atoms with Crippen molar-refractivity contribution in [2.45, 2.75) is 297 Å². The number of carbonyl (C=O) groups is 2. The summed E-state index contributed by atoms with van der Waals surface area (Å²) in [6, 6.07) is 0. The van der Waals surface area contributed by atoms with Crippen molar-refractivity contribution in [2.24, 2.45) is 0 Å². The third kappa shape index (κ3) is 57.7. The first-order valence-corrected chi connectivity index (χ1v) is 30.1. The Hall–Kier alpha value is -2.92. The van der Waals surface area contributed by atoms with Gasteiger partial charge in [0, 0.05) is 19.4 Å². The second kappa shape index (κ2) is 60.4. The molecule has 0 aromatic carbocycles. The number of carbonyl (C=O) groups excluding carboxylic acids is 2. The van der Waals surface area contributed by atoms with Gasteiger partial charge in [-0.25, -0.2) is 0 Å². The van der Waals surface area contributed by atoms with Gasteiger partial charge in [-0.05, 0) is 116 Å². The van der Waals surface area contributed by atoms with Crippen LogP contribution >= 0.6 is 0 Å². The first kappa shape index (κ1) is 67.1. The monoisotopic (exact) mass is 975 g/mol. The maximum atomic E-state index is 12.9. The van der Waals surface area contributed by atoms with Gasteiger partial charge in [0.25, 0.3) is 0 Å². The van der Waals surface area contributed by atoms with Crippen LogP contribution in [0.4, 0.5) is 0 Å². The van der Waals surface area contributed by atoms with Gasteiger partial charge in [0.05, 0.1) is 6.61 Å². The van der Waals surface area contributed by atoms with Crippen molar-refractivity contribution in [3.8, 4) is 0 Å². The van der Waals surface area contributed by atoms with Crippen LogP contribution in [0.25, 0.3) is 0 Å². The second-order valence-corrected chi connectivity index (χ2v) is 19.9. The fourth-order valence-corrected chi connectivity index (χ4v) is 8.41. The predicted molar refractivity (Wildman–Crippen MR) is 307 cm³/mol. The fourth-order valence-electron chi connectivity index (χ4n) is 8.41. The van der Waals surface area contributed by atoms with E-state index in [4.69, 9.17) is 14.2 Å². The average Bonchev–Trinajstić information content (AvgIpc) is 3.36. The van der Waals surface area contributed by atoms with Gasteiger partial charge >= 0.3 is 11.9 Å². The molecule has 1 unspecified atom stereocenters. The number of ether oxygens (including phenoxy) is 3. The average molecular weight is 976 g/mol. The summed E-state index contributed by atoms with van der Waals surface area (Å²) in [5, 5.41) is 0. The normalized spacial score (nSPS) is 12.8. The number of unbranched alkanes of at least 4 members (excludes halogenated alkanes) is 30. The summed E-state index contributed by atoms with van der Waals surface area (Å²) in [5.74, 6) is -0.423. The molecule has 0 aliphatic heterocycles. The summed E-state index contributed by atoms with van der Waals surface area (Å²) >= 11 is 0. The largest absolute Gasteiger partial charge is 0.462 e. The van der Waals surface area contributed by atoms with E-state index in [1.807, 2.05) is 0 Å². The van der Waals surface area contributed by atoms with Crippen molar-refractivity contribution in [2.75, 3.05) is 19.8 Å². The van der Waals surface area contributed by atoms with E-state index in [9.17, 15) is 9.59 Å². The maximum Gasteiger partial charge on any atom is 0.306 e. The summed E-state index contributed by atoms with van der Waals surface area (Å²) < 4.78 is 17.5. The highest BCUT2D eigenvalue weighted by Crippen LogP contribution is 2.15. The molecule has 0 N–H and O–H groups in total. The van der Waals surface area contributed by atoms with Gasteiger partial charge in [0.1, 0.15) is 6.61 Å². The molecule has 0 aliphatic rings. The van der Waals surface area contributed by atoms with E-state index in [2.05, 4.69) is 106 Å². The molecule has 404 valence electrons. The Labute approximate surface area is 435 Å². The Kier molecular flexibility index (Phi) is 57.9. The van der Waals surface area contributed by atoms with Gasteiger partial charge in [0.15, 0.2) is 6.10 Å². The van der Waals surface area contributed by atoms with Crippen LogP contribution in [0.5, 0.6) is 0 Å². The lowest BCUT2D eigenvalue weighted by molar-refractivity contribution is -0.163. The van der Waals surface area contributed by atoms with Crippen LogP contribution in [0.1, 0.15) is 290 Å². The van der Waals surface area contributed by atoms with E-state index < -0.39 is 6.10 Å². The SMILES string of the molecule is CC/C=C\C/C=C\C/C=C\C/C=C\CCCCCCCCC(=O)OCC(COCCCCCCCCCCCC/C=C\CCCCCCCC)OC(=O)CCCCCCC/C=C\C/C=C\CCCCC. The minimum absolute atomic E-state index is 0.0694. The molecule has 0 saturated heterocycles. The lowest BCUT2D eigenvalue weighted by atomic mass is 10.1. The van der Waals surface area contributed by atoms with Crippen LogP contribution in [0.2, 0.25) is 0 Å². The van der Waals surface area contributed by atoms with E-state index in [-0.39, 0.29) is 25.2 Å². The molecule has 5 heteroatoms. The molecule has 1 atom stereocenters. The Bertz CT molecular complexity index is 1290. The fraction of sp³-hybridized carbons (Fsp3) is 0.754. The molecule has 0 fully saturated rings. The topological polar surface area (TPSA) is 61.8 Å². The summed E-state index contributed by atoms with van der Waals surface area (Å²) in [4.78, 5) is 25.6. The van der Waals surface area contributed by atoms with Gasteiger partial charge in [-0.1, -0.05) is 247 Å². The van der Waals surface area contributed by atoms with Crippen molar-refractivity contribution in [1.29, 1.82) is 0 Å². The second-order valence-electron chi connectivity index (χ2n) is 19.9. The molecule has 0 saturated carbocycles. The zero-order valence-corrected chi connectivity index (χ0v) is 46.5. The minimum Gasteiger partial charge on any atom is -0.462 e. The first-order chi connectivity index (χ1) is 34.6. The third-order valence-corrected chi connectivity index (χ3v) is 12.9. The number of allylic oxidation sites excluding steroid dienone is 14. The molecule has 0 rings (SSSR count). The van der Waals surface area contributed by atoms with E-state index in [0.717, 1.165) is 96.3 Å². The Morgan fingerprint density at radius 1 is 0.329 bits per heavy atom. The Morgan fingerprint density at radius 2 is 0.643 bits per heavy atom. The Balaban J connectivity index is 4.30. The number of rotatable bonds is 55. The molecular weight excluding hydrogens is 861 g/mol. The molecule has 0 aromatic heterocycles. The molecule has 5 nitrogen and oxygen atoms in total. The molecule has 0 spiro atoms. The number of esters is 2. The van der Waals surface area contributed by atoms with Gasteiger partial charge in [0.2, 0.25) is 0 Å². The molecule has 0 radical (unpaired) electrons. The molecule has 0 aromatic rings. The minimum atomic E-state index is -0.555. The number of hydrogen-bond acceptors (Lipinski definition) is 5. The molecule has 0 bridgehead atoms. The third-order valence-electron chi connectivity index (χ3n) is 12.9. The molecule has 0 amide bonds. The van der Waals surface area contributed by atoms with Crippen LogP contribution in [0.3, 0.4) is 0 Å². The van der Waals surface area contributed by atoms with E-state index in [0.29, 0.717) is 19.4 Å². The summed E-state index contributed by atoms with van der Waals surface area (Å²) in [6.45, 7) is 7.68. The van der Waals surface area contributed by atoms with Gasteiger partial charge in [-0.2, -0.15) is 0 Å². The van der Waals surface area contributed by atoms with Gasteiger partial charge < -0.3 is 14.2 Å². The first-order valence-electron chi connectivity index (χ1n) is 30.1. The van der Waals surface area contributed by atoms with Crippen LogP contribution in [-0.4, -0.2) is 37.9 Å². The van der Waals surface area contributed by atoms with Crippen LogP contribution in [-0.2, 0) is 23.8 Å².